The normalized spacial score (nSPS) is 23.2. The number of carbonyl (C=O) groups excluding carboxylic acids is 10. The highest BCUT2D eigenvalue weighted by Crippen LogP contribution is 2.28. The summed E-state index contributed by atoms with van der Waals surface area (Å²) in [5, 5.41) is 71.2. The van der Waals surface area contributed by atoms with E-state index in [9.17, 15) is 73.5 Å². The largest absolute Gasteiger partial charge is 0.510 e. The summed E-state index contributed by atoms with van der Waals surface area (Å²) in [7, 11) is 0. The number of amides is 7. The summed E-state index contributed by atoms with van der Waals surface area (Å²) in [6.07, 6.45) is -5.52. The second-order valence-corrected chi connectivity index (χ2v) is 26.4. The molecule has 14 atom stereocenters. The Morgan fingerprint density at radius 1 is 0.449 bits per heavy atom. The highest BCUT2D eigenvalue weighted by Gasteiger charge is 2.45. The maximum Gasteiger partial charge on any atom is 0.408 e. The Morgan fingerprint density at radius 3 is 1.26 bits per heavy atom. The first-order valence-corrected chi connectivity index (χ1v) is 36.7. The third-order valence-electron chi connectivity index (χ3n) is 17.0. The summed E-state index contributed by atoms with van der Waals surface area (Å²) in [6.45, 7) is 7.19. The number of benzene rings is 1. The van der Waals surface area contributed by atoms with E-state index in [4.69, 9.17) is 67.3 Å². The number of carbonyl (C=O) groups is 10. The molecule has 1 aromatic carbocycles. The van der Waals surface area contributed by atoms with Crippen LogP contribution in [0.5, 0.6) is 0 Å². The molecule has 2 saturated heterocycles. The lowest BCUT2D eigenvalue weighted by molar-refractivity contribution is -0.283. The van der Waals surface area contributed by atoms with E-state index < -0.39 is 103 Å². The Labute approximate surface area is 624 Å². The number of aliphatic hydroxyl groups is 5. The van der Waals surface area contributed by atoms with E-state index in [1.54, 1.807) is 43.3 Å². The van der Waals surface area contributed by atoms with Crippen molar-refractivity contribution in [2.24, 2.45) is 17.6 Å². The molecule has 107 heavy (non-hydrogen) atoms. The molecule has 4 rings (SSSR count). The molecule has 1 aromatic rings. The minimum absolute atomic E-state index is 0.0399. The monoisotopic (exact) mass is 1530 g/mol. The summed E-state index contributed by atoms with van der Waals surface area (Å²) in [4.78, 5) is 124. The lowest BCUT2D eigenvalue weighted by Crippen LogP contribution is -2.62. The van der Waals surface area contributed by atoms with Crippen LogP contribution in [-0.2, 0) is 111 Å². The van der Waals surface area contributed by atoms with Gasteiger partial charge in [0.1, 0.15) is 68.2 Å². The number of alkyl carbamates (subject to hydrolysis) is 1. The van der Waals surface area contributed by atoms with Crippen LogP contribution in [0.3, 0.4) is 0 Å². The molecule has 2 fully saturated rings. The zero-order valence-electron chi connectivity index (χ0n) is 62.2. The maximum absolute atomic E-state index is 13.6. The molecule has 0 spiro atoms. The van der Waals surface area contributed by atoms with E-state index in [1.807, 2.05) is 6.92 Å². The van der Waals surface area contributed by atoms with Gasteiger partial charge in [0.05, 0.1) is 51.8 Å². The summed E-state index contributed by atoms with van der Waals surface area (Å²) in [6, 6.07) is 7.83. The third-order valence-corrected chi connectivity index (χ3v) is 17.0. The lowest BCUT2D eigenvalue weighted by Gasteiger charge is -2.41. The number of esters is 3. The Hall–Kier alpha value is -7.30. The molecular weight excluding hydrogens is 1410 g/mol. The van der Waals surface area contributed by atoms with Crippen molar-refractivity contribution in [2.75, 3.05) is 119 Å². The highest BCUT2D eigenvalue weighted by atomic mass is 16.7. The van der Waals surface area contributed by atoms with E-state index in [1.165, 1.54) is 20.8 Å². The minimum atomic E-state index is -1.52. The van der Waals surface area contributed by atoms with Crippen molar-refractivity contribution in [1.29, 1.82) is 0 Å². The van der Waals surface area contributed by atoms with E-state index in [-0.39, 0.29) is 198 Å². The van der Waals surface area contributed by atoms with Crippen molar-refractivity contribution in [3.63, 3.8) is 0 Å². The second kappa shape index (κ2) is 52.7. The number of nitrogens with two attached hydrogens (primary N) is 1. The van der Waals surface area contributed by atoms with Gasteiger partial charge < -0.3 is 130 Å². The summed E-state index contributed by atoms with van der Waals surface area (Å²) >= 11 is 0. The molecule has 0 aliphatic carbocycles. The molecule has 0 saturated carbocycles. The van der Waals surface area contributed by atoms with Crippen LogP contribution in [0.15, 0.2) is 42.2 Å². The lowest BCUT2D eigenvalue weighted by atomic mass is 9.92. The number of aliphatic hydroxyl groups excluding tert-OH is 5. The average molecular weight is 1530 g/mol. The number of nitrogens with one attached hydrogen (secondary N) is 7. The fraction of sp³-hybridized carbons (Fsp3) is 0.746. The Morgan fingerprint density at radius 2 is 0.832 bits per heavy atom. The molecule has 6 unspecified atom stereocenters. The van der Waals surface area contributed by atoms with Crippen LogP contribution in [0.1, 0.15) is 136 Å². The fourth-order valence-corrected chi connectivity index (χ4v) is 10.8. The molecule has 36 nitrogen and oxygen atoms in total. The standard InChI is InChI=1S/C71H116N8O28/c1-46-38-52(83)53(40-101-48(3)80)105-67(46)98-32-12-9-20-56(84)73-26-15-29-76-59(87)23-35-95-43-71(79-70(94)104-39-51-18-7-6-8-19-51,44-96-36-24-60(88)77-30-16-27-74-57(85)21-10-13-33-99-68-47(2)63(90)64(91)54(106-68)41-102-49(4)81)45-97-37-25-61(89)78-31-17-28-75-58(86)22-11-14-34-100-69-62(72)66(93)65(92)55(107-69)42-103-50(5)82/h6-8,18-19,38,46-47,53-55,62-69,83,90-93H,9-17,20-37,39-45,72H2,1-5H3,(H,73,84)(H,74,85)(H,75,86)(H,76,87)(H,77,88)(H,78,89)(H,79,94)/t46-,47-,53?,54?,55?,62-,63?,64-,65-,66?,67+,68+,69+,71?/m0/s1. The number of unbranched alkanes of at least 4 members (excludes halogenated alkanes) is 3. The predicted molar refractivity (Wildman–Crippen MR) is 377 cm³/mol. The summed E-state index contributed by atoms with van der Waals surface area (Å²) < 4.78 is 72.9. The smallest absolute Gasteiger partial charge is 0.408 e. The van der Waals surface area contributed by atoms with Crippen LogP contribution in [-0.4, -0.2) is 277 Å². The zero-order valence-corrected chi connectivity index (χ0v) is 62.2. The second-order valence-electron chi connectivity index (χ2n) is 26.4. The van der Waals surface area contributed by atoms with E-state index in [0.717, 1.165) is 0 Å². The van der Waals surface area contributed by atoms with Gasteiger partial charge >= 0.3 is 24.0 Å². The molecule has 14 N–H and O–H groups in total. The van der Waals surface area contributed by atoms with Crippen LogP contribution < -0.4 is 43.0 Å². The molecule has 7 amide bonds. The van der Waals surface area contributed by atoms with Crippen molar-refractivity contribution in [2.45, 2.75) is 211 Å². The maximum atomic E-state index is 13.6. The van der Waals surface area contributed by atoms with Gasteiger partial charge in [0, 0.05) is 130 Å². The van der Waals surface area contributed by atoms with E-state index >= 15 is 0 Å². The average Bonchev–Trinajstić information content (AvgIpc) is 0.828. The van der Waals surface area contributed by atoms with Gasteiger partial charge in [-0.15, -0.1) is 0 Å². The molecule has 0 aromatic heterocycles. The van der Waals surface area contributed by atoms with Gasteiger partial charge in [-0.1, -0.05) is 44.2 Å². The number of rotatable bonds is 54. The van der Waals surface area contributed by atoms with Crippen molar-refractivity contribution in [1.82, 2.24) is 37.2 Å². The van der Waals surface area contributed by atoms with Crippen LogP contribution in [0, 0.1) is 11.8 Å². The van der Waals surface area contributed by atoms with Crippen LogP contribution >= 0.6 is 0 Å². The van der Waals surface area contributed by atoms with Crippen molar-refractivity contribution in [3.05, 3.63) is 47.7 Å². The molecule has 0 radical (unpaired) electrons. The van der Waals surface area contributed by atoms with Gasteiger partial charge in [-0.2, -0.15) is 0 Å². The minimum Gasteiger partial charge on any atom is -0.510 e. The summed E-state index contributed by atoms with van der Waals surface area (Å²) in [5.41, 5.74) is 5.16. The first-order chi connectivity index (χ1) is 51.3. The van der Waals surface area contributed by atoms with Crippen LogP contribution in [0.25, 0.3) is 0 Å². The molecule has 3 heterocycles. The molecule has 608 valence electrons. The van der Waals surface area contributed by atoms with Gasteiger partial charge in [0.25, 0.3) is 0 Å². The molecule has 36 heteroatoms. The fourth-order valence-electron chi connectivity index (χ4n) is 10.8. The number of ether oxygens (including phenoxy) is 13. The molecule has 0 bridgehead atoms. The quantitative estimate of drug-likeness (QED) is 0.0225. The predicted octanol–water partition coefficient (Wildman–Crippen LogP) is -0.351. The Kier molecular flexibility index (Phi) is 45.4. The highest BCUT2D eigenvalue weighted by molar-refractivity contribution is 5.78. The van der Waals surface area contributed by atoms with Crippen molar-refractivity contribution >= 4 is 59.4 Å². The van der Waals surface area contributed by atoms with E-state index in [0.29, 0.717) is 76.5 Å². The van der Waals surface area contributed by atoms with Gasteiger partial charge in [-0.05, 0) is 69.4 Å². The first kappa shape index (κ1) is 92.1. The topological polar surface area (TPSA) is 502 Å². The third kappa shape index (κ3) is 39.1. The van der Waals surface area contributed by atoms with Gasteiger partial charge in [-0.25, -0.2) is 4.79 Å². The van der Waals surface area contributed by atoms with Gasteiger partial charge in [-0.3, -0.25) is 43.2 Å². The molecular formula is C71H116N8O28. The summed E-state index contributed by atoms with van der Waals surface area (Å²) in [5.74, 6) is -4.24. The number of hydrogen-bond donors (Lipinski definition) is 13. The molecule has 3 aliphatic heterocycles. The number of hydrogen-bond acceptors (Lipinski definition) is 29. The Balaban J connectivity index is 1.22. The van der Waals surface area contributed by atoms with Crippen molar-refractivity contribution in [3.8, 4) is 0 Å². The van der Waals surface area contributed by atoms with Gasteiger partial charge in [0.2, 0.25) is 35.4 Å². The zero-order chi connectivity index (χ0) is 78.4. The van der Waals surface area contributed by atoms with Crippen LogP contribution in [0.2, 0.25) is 0 Å². The van der Waals surface area contributed by atoms with Crippen molar-refractivity contribution < 1.29 is 135 Å². The van der Waals surface area contributed by atoms with E-state index in [2.05, 4.69) is 37.2 Å². The Bertz CT molecular complexity index is 2750. The van der Waals surface area contributed by atoms with Gasteiger partial charge in [0.15, 0.2) is 25.0 Å². The molecule has 3 aliphatic rings. The SMILES string of the molecule is CC(=O)OCC1O[C@@H](OCCCCC(=O)NCCCNC(=O)CCOCC(COCCC(=O)NCCCNC(=O)CCCCO[C@@H]2OC(COC(C)=O)[C@H](O)C(O)[C@@H]2C)(COCCC(=O)NCCCNC(=O)CCCCO[C@@H]2OC(COC(C)=O)[C@H](O)C(O)[C@@H]2N)NC(=O)OCc2ccccc2)[C@@H](C)C=C1O. The first-order valence-electron chi connectivity index (χ1n) is 36.7. The van der Waals surface area contributed by atoms with Crippen LogP contribution in [0.4, 0.5) is 4.79 Å².